The molecule has 1 atom stereocenters. The highest BCUT2D eigenvalue weighted by molar-refractivity contribution is 6.30. The van der Waals surface area contributed by atoms with Gasteiger partial charge >= 0.3 is 0 Å². The van der Waals surface area contributed by atoms with Crippen LogP contribution in [0.4, 0.5) is 4.39 Å². The monoisotopic (exact) mass is 241 g/mol. The van der Waals surface area contributed by atoms with E-state index < -0.39 is 0 Å². The largest absolute Gasteiger partial charge is 0.310 e. The number of rotatable bonds is 5. The molecule has 1 fully saturated rings. The van der Waals surface area contributed by atoms with Gasteiger partial charge < -0.3 is 5.32 Å². The van der Waals surface area contributed by atoms with Crippen LogP contribution in [-0.2, 0) is 6.54 Å². The first-order chi connectivity index (χ1) is 7.65. The van der Waals surface area contributed by atoms with Crippen LogP contribution >= 0.6 is 11.6 Å². The van der Waals surface area contributed by atoms with Gasteiger partial charge in [-0.3, -0.25) is 0 Å². The third kappa shape index (κ3) is 3.46. The lowest BCUT2D eigenvalue weighted by Crippen LogP contribution is -2.26. The maximum absolute atomic E-state index is 13.5. The summed E-state index contributed by atoms with van der Waals surface area (Å²) in [6.45, 7) is 2.74. The van der Waals surface area contributed by atoms with Gasteiger partial charge in [-0.1, -0.05) is 30.5 Å². The Kier molecular flexibility index (Phi) is 3.82. The molecule has 0 amide bonds. The van der Waals surface area contributed by atoms with Gasteiger partial charge in [0.2, 0.25) is 0 Å². The van der Waals surface area contributed by atoms with Crippen molar-refractivity contribution in [3.63, 3.8) is 0 Å². The molecule has 0 saturated heterocycles. The molecule has 0 heterocycles. The maximum atomic E-state index is 13.5. The molecule has 1 aliphatic rings. The van der Waals surface area contributed by atoms with Crippen molar-refractivity contribution in [1.29, 1.82) is 0 Å². The number of hydrogen-bond acceptors (Lipinski definition) is 1. The lowest BCUT2D eigenvalue weighted by atomic mass is 10.1. The van der Waals surface area contributed by atoms with Crippen LogP contribution in [0.25, 0.3) is 0 Å². The predicted octanol–water partition coefficient (Wildman–Crippen LogP) is 3.76. The van der Waals surface area contributed by atoms with Crippen LogP contribution in [0.5, 0.6) is 0 Å². The molecule has 0 aromatic heterocycles. The van der Waals surface area contributed by atoms with Crippen molar-refractivity contribution in [3.8, 4) is 0 Å². The zero-order chi connectivity index (χ0) is 11.5. The first kappa shape index (κ1) is 11.9. The molecule has 0 bridgehead atoms. The van der Waals surface area contributed by atoms with Gasteiger partial charge in [-0.2, -0.15) is 0 Å². The first-order valence-corrected chi connectivity index (χ1v) is 6.20. The molecule has 1 nitrogen and oxygen atoms in total. The van der Waals surface area contributed by atoms with E-state index in [9.17, 15) is 4.39 Å². The molecule has 88 valence electrons. The molecule has 1 aromatic rings. The SMILES string of the molecule is CC(CC1CC1)NCc1ccc(Cl)cc1F. The average molecular weight is 242 g/mol. The van der Waals surface area contributed by atoms with Gasteiger partial charge in [0, 0.05) is 23.2 Å². The fraction of sp³-hybridized carbons (Fsp3) is 0.538. The van der Waals surface area contributed by atoms with Crippen molar-refractivity contribution in [3.05, 3.63) is 34.6 Å². The predicted molar refractivity (Wildman–Crippen MR) is 65.1 cm³/mol. The van der Waals surface area contributed by atoms with Gasteiger partial charge in [-0.15, -0.1) is 0 Å². The molecule has 1 aromatic carbocycles. The van der Waals surface area contributed by atoms with Crippen LogP contribution in [0.3, 0.4) is 0 Å². The van der Waals surface area contributed by atoms with Crippen molar-refractivity contribution >= 4 is 11.6 Å². The molecule has 1 N–H and O–H groups in total. The van der Waals surface area contributed by atoms with Crippen LogP contribution in [0, 0.1) is 11.7 Å². The average Bonchev–Trinajstić information content (AvgIpc) is 3.00. The summed E-state index contributed by atoms with van der Waals surface area (Å²) in [5.74, 6) is 0.677. The second-order valence-electron chi connectivity index (χ2n) is 4.70. The number of benzene rings is 1. The van der Waals surface area contributed by atoms with Crippen LogP contribution in [-0.4, -0.2) is 6.04 Å². The van der Waals surface area contributed by atoms with Gasteiger partial charge in [0.05, 0.1) is 0 Å². The summed E-state index contributed by atoms with van der Waals surface area (Å²) in [6.07, 6.45) is 3.93. The van der Waals surface area contributed by atoms with Crippen LogP contribution in [0.15, 0.2) is 18.2 Å². The fourth-order valence-corrected chi connectivity index (χ4v) is 2.04. The quantitative estimate of drug-likeness (QED) is 0.828. The van der Waals surface area contributed by atoms with Gasteiger partial charge in [0.25, 0.3) is 0 Å². The molecule has 0 radical (unpaired) electrons. The second kappa shape index (κ2) is 5.15. The van der Waals surface area contributed by atoms with E-state index in [1.54, 1.807) is 12.1 Å². The smallest absolute Gasteiger partial charge is 0.129 e. The van der Waals surface area contributed by atoms with Gasteiger partial charge in [0.1, 0.15) is 5.82 Å². The van der Waals surface area contributed by atoms with E-state index in [4.69, 9.17) is 11.6 Å². The van der Waals surface area contributed by atoms with Crippen molar-refractivity contribution in [2.75, 3.05) is 0 Å². The van der Waals surface area contributed by atoms with E-state index in [0.717, 1.165) is 5.92 Å². The highest BCUT2D eigenvalue weighted by Gasteiger charge is 2.23. The molecule has 0 aliphatic heterocycles. The van der Waals surface area contributed by atoms with E-state index in [1.807, 2.05) is 0 Å². The molecule has 16 heavy (non-hydrogen) atoms. The highest BCUT2D eigenvalue weighted by atomic mass is 35.5. The lowest BCUT2D eigenvalue weighted by molar-refractivity contribution is 0.479. The molecule has 1 saturated carbocycles. The van der Waals surface area contributed by atoms with E-state index in [1.165, 1.54) is 25.3 Å². The van der Waals surface area contributed by atoms with Crippen LogP contribution in [0.2, 0.25) is 5.02 Å². The molecule has 1 unspecified atom stereocenters. The Morgan fingerprint density at radius 3 is 2.88 bits per heavy atom. The zero-order valence-electron chi connectivity index (χ0n) is 9.47. The Balaban J connectivity index is 1.83. The van der Waals surface area contributed by atoms with E-state index in [2.05, 4.69) is 12.2 Å². The normalized spacial score (nSPS) is 17.4. The van der Waals surface area contributed by atoms with E-state index >= 15 is 0 Å². The summed E-state index contributed by atoms with van der Waals surface area (Å²) in [7, 11) is 0. The van der Waals surface area contributed by atoms with E-state index in [0.29, 0.717) is 23.2 Å². The topological polar surface area (TPSA) is 12.0 Å². The maximum Gasteiger partial charge on any atom is 0.129 e. The van der Waals surface area contributed by atoms with Gasteiger partial charge in [0.15, 0.2) is 0 Å². The minimum absolute atomic E-state index is 0.223. The zero-order valence-corrected chi connectivity index (χ0v) is 10.2. The summed E-state index contributed by atoms with van der Waals surface area (Å²) >= 11 is 5.70. The number of halogens is 2. The Labute approximate surface area is 101 Å². The summed E-state index contributed by atoms with van der Waals surface area (Å²) in [4.78, 5) is 0. The van der Waals surface area contributed by atoms with Gasteiger partial charge in [-0.25, -0.2) is 4.39 Å². The van der Waals surface area contributed by atoms with Crippen molar-refractivity contribution in [1.82, 2.24) is 5.32 Å². The molecular weight excluding hydrogens is 225 g/mol. The summed E-state index contributed by atoms with van der Waals surface area (Å²) in [5, 5.41) is 3.80. The molecular formula is C13H17ClFN. The van der Waals surface area contributed by atoms with Crippen molar-refractivity contribution in [2.24, 2.45) is 5.92 Å². The second-order valence-corrected chi connectivity index (χ2v) is 5.13. The Hall–Kier alpha value is -0.600. The lowest BCUT2D eigenvalue weighted by Gasteiger charge is -2.13. The molecule has 2 rings (SSSR count). The number of nitrogens with one attached hydrogen (secondary N) is 1. The standard InChI is InChI=1S/C13H17ClFN/c1-9(6-10-2-3-10)16-8-11-4-5-12(14)7-13(11)15/h4-5,7,9-10,16H,2-3,6,8H2,1H3. The first-order valence-electron chi connectivity index (χ1n) is 5.82. The van der Waals surface area contributed by atoms with Crippen molar-refractivity contribution < 1.29 is 4.39 Å². The molecule has 0 spiro atoms. The minimum Gasteiger partial charge on any atom is -0.310 e. The third-order valence-electron chi connectivity index (χ3n) is 3.04. The summed E-state index contributed by atoms with van der Waals surface area (Å²) in [6, 6.07) is 5.30. The van der Waals surface area contributed by atoms with Crippen molar-refractivity contribution in [2.45, 2.75) is 38.8 Å². The minimum atomic E-state index is -0.223. The van der Waals surface area contributed by atoms with E-state index in [-0.39, 0.29) is 5.82 Å². The fourth-order valence-electron chi connectivity index (χ4n) is 1.89. The van der Waals surface area contributed by atoms with Gasteiger partial charge in [-0.05, 0) is 31.4 Å². The summed E-state index contributed by atoms with van der Waals surface area (Å²) in [5.41, 5.74) is 0.687. The molecule has 1 aliphatic carbocycles. The summed E-state index contributed by atoms with van der Waals surface area (Å²) < 4.78 is 13.5. The third-order valence-corrected chi connectivity index (χ3v) is 3.27. The molecule has 3 heteroatoms. The Morgan fingerprint density at radius 1 is 1.50 bits per heavy atom. The highest BCUT2D eigenvalue weighted by Crippen LogP contribution is 2.33. The van der Waals surface area contributed by atoms with Crippen LogP contribution in [0.1, 0.15) is 31.7 Å². The Bertz CT molecular complexity index is 363. The Morgan fingerprint density at radius 2 is 2.25 bits per heavy atom. The number of hydrogen-bond donors (Lipinski definition) is 1. The van der Waals surface area contributed by atoms with Crippen LogP contribution < -0.4 is 5.32 Å².